The highest BCUT2D eigenvalue weighted by atomic mass is 32.1. The molecule has 0 aliphatic rings. The molecule has 0 N–H and O–H groups in total. The number of hydrogen-bond acceptors (Lipinski definition) is 4. The van der Waals surface area contributed by atoms with E-state index >= 15 is 0 Å². The van der Waals surface area contributed by atoms with E-state index in [2.05, 4.69) is 38.3 Å². The summed E-state index contributed by atoms with van der Waals surface area (Å²) in [7, 11) is -2.77. The van der Waals surface area contributed by atoms with Crippen LogP contribution in [0.25, 0.3) is 0 Å². The van der Waals surface area contributed by atoms with Crippen LogP contribution < -0.4 is 0 Å². The molecule has 5 heteroatoms. The summed E-state index contributed by atoms with van der Waals surface area (Å²) in [6.07, 6.45) is 68.0. The van der Waals surface area contributed by atoms with Gasteiger partial charge in [0.25, 0.3) is 0 Å². The van der Waals surface area contributed by atoms with E-state index in [4.69, 9.17) is 13.3 Å². The van der Waals surface area contributed by atoms with Crippen molar-refractivity contribution in [3.63, 3.8) is 0 Å². The van der Waals surface area contributed by atoms with Crippen molar-refractivity contribution < 1.29 is 13.3 Å². The van der Waals surface area contributed by atoms with E-state index in [-0.39, 0.29) is 0 Å². The highest BCUT2D eigenvalue weighted by Crippen LogP contribution is 2.25. The van der Waals surface area contributed by atoms with Crippen LogP contribution in [0, 0.1) is 0 Å². The number of unbranched alkanes of at least 4 members (excludes halogenated alkanes) is 45. The van der Waals surface area contributed by atoms with E-state index in [1.165, 1.54) is 294 Å². The van der Waals surface area contributed by atoms with Gasteiger partial charge in [-0.05, 0) is 37.1 Å². The Morgan fingerprint density at radius 2 is 0.523 bits per heavy atom. The van der Waals surface area contributed by atoms with Gasteiger partial charge in [-0.3, -0.25) is 0 Å². The highest BCUT2D eigenvalue weighted by Gasteiger charge is 2.41. The number of hydrogen-bond donors (Lipinski definition) is 0. The minimum atomic E-state index is -2.77. The summed E-state index contributed by atoms with van der Waals surface area (Å²) < 4.78 is 20.7. The lowest BCUT2D eigenvalue weighted by Crippen LogP contribution is -2.47. The maximum absolute atomic E-state index is 6.90. The topological polar surface area (TPSA) is 27.7 Å². The molecule has 0 aliphatic heterocycles. The van der Waals surface area contributed by atoms with Gasteiger partial charge in [0.2, 0.25) is 0 Å². The minimum absolute atomic E-state index is 0.799. The van der Waals surface area contributed by atoms with Crippen LogP contribution in [0.1, 0.15) is 334 Å². The predicted octanol–water partition coefficient (Wildman–Crippen LogP) is 22.1. The molecular formula is C60H118O3SSi. The summed E-state index contributed by atoms with van der Waals surface area (Å²) in [5, 5.41) is 2.21. The van der Waals surface area contributed by atoms with E-state index < -0.39 is 8.80 Å². The smallest absolute Gasteiger partial charge is 0.373 e. The molecule has 0 fully saturated rings. The molecule has 1 aromatic heterocycles. The summed E-state index contributed by atoms with van der Waals surface area (Å²) in [6.45, 7) is 9.33. The van der Waals surface area contributed by atoms with Crippen LogP contribution in [0.4, 0.5) is 0 Å². The van der Waals surface area contributed by atoms with E-state index in [1.807, 2.05) is 11.3 Å². The van der Waals surface area contributed by atoms with Gasteiger partial charge in [0.15, 0.2) is 0 Å². The Kier molecular flexibility index (Phi) is 51.4. The highest BCUT2D eigenvalue weighted by molar-refractivity contribution is 7.09. The summed E-state index contributed by atoms with van der Waals surface area (Å²) >= 11 is 1.87. The second-order valence-electron chi connectivity index (χ2n) is 20.7. The van der Waals surface area contributed by atoms with Gasteiger partial charge in [-0.25, -0.2) is 0 Å². The zero-order valence-electron chi connectivity index (χ0n) is 44.8. The second-order valence-corrected chi connectivity index (χ2v) is 24.5. The van der Waals surface area contributed by atoms with E-state index in [0.717, 1.165) is 51.5 Å². The average molecular weight is 948 g/mol. The van der Waals surface area contributed by atoms with Gasteiger partial charge in [0, 0.05) is 30.7 Å². The van der Waals surface area contributed by atoms with Crippen LogP contribution in [0.2, 0.25) is 6.04 Å². The Bertz CT molecular complexity index is 894. The zero-order valence-corrected chi connectivity index (χ0v) is 46.7. The normalized spacial score (nSPS) is 12.0. The molecule has 65 heavy (non-hydrogen) atoms. The zero-order chi connectivity index (χ0) is 46.5. The van der Waals surface area contributed by atoms with Crippen LogP contribution in [0.3, 0.4) is 0 Å². The number of thiophene rings is 1. The third kappa shape index (κ3) is 46.0. The maximum atomic E-state index is 6.90. The van der Waals surface area contributed by atoms with Gasteiger partial charge in [0.05, 0.1) is 0 Å². The second kappa shape index (κ2) is 53.2. The first-order chi connectivity index (χ1) is 32.3. The van der Waals surface area contributed by atoms with Crippen LogP contribution in [-0.2, 0) is 19.7 Å². The quantitative estimate of drug-likeness (QED) is 0.0481. The third-order valence-corrected chi connectivity index (χ3v) is 17.9. The molecule has 1 heterocycles. The SMILES string of the molecule is CCCCCCCCCCCCCCCCCCO[Si](CCc1cccs1)(OCCCCCCCCCCCCCCCCCC)OCCCCCCCCCCCCCCCCCC. The van der Waals surface area contributed by atoms with Crippen molar-refractivity contribution in [2.75, 3.05) is 19.8 Å². The van der Waals surface area contributed by atoms with Crippen molar-refractivity contribution >= 4 is 20.1 Å². The lowest BCUT2D eigenvalue weighted by Gasteiger charge is -2.30. The molecular weight excluding hydrogens is 829 g/mol. The molecule has 0 amide bonds. The van der Waals surface area contributed by atoms with Crippen molar-refractivity contribution in [1.29, 1.82) is 0 Å². The summed E-state index contributed by atoms with van der Waals surface area (Å²) in [5.41, 5.74) is 0. The minimum Gasteiger partial charge on any atom is -0.373 e. The standard InChI is InChI=1S/C60H118O3SSi/c1-4-7-10-13-16-19-22-25-28-31-34-37-40-43-46-49-55-61-65(59-54-60-53-52-58-64-60,62-56-50-47-44-41-38-35-32-29-26-23-20-17-14-11-8-5-2)63-57-51-48-45-42-39-36-33-30-27-24-21-18-15-12-9-6-3/h52-53,58H,4-51,54-57,59H2,1-3H3. The van der Waals surface area contributed by atoms with E-state index in [9.17, 15) is 0 Å². The molecule has 0 radical (unpaired) electrons. The van der Waals surface area contributed by atoms with Gasteiger partial charge in [-0.1, -0.05) is 316 Å². The van der Waals surface area contributed by atoms with Gasteiger partial charge in [-0.2, -0.15) is 0 Å². The molecule has 3 nitrogen and oxygen atoms in total. The molecule has 0 spiro atoms. The Balaban J connectivity index is 2.42. The van der Waals surface area contributed by atoms with Gasteiger partial charge in [-0.15, -0.1) is 11.3 Å². The van der Waals surface area contributed by atoms with Gasteiger partial charge >= 0.3 is 8.80 Å². The van der Waals surface area contributed by atoms with Crippen molar-refractivity contribution in [3.8, 4) is 0 Å². The Morgan fingerprint density at radius 3 is 0.723 bits per heavy atom. The maximum Gasteiger partial charge on any atom is 0.501 e. The largest absolute Gasteiger partial charge is 0.501 e. The van der Waals surface area contributed by atoms with Crippen LogP contribution in [0.15, 0.2) is 17.5 Å². The van der Waals surface area contributed by atoms with Crippen molar-refractivity contribution in [3.05, 3.63) is 22.4 Å². The molecule has 0 unspecified atom stereocenters. The average Bonchev–Trinajstić information content (AvgIpc) is 3.85. The molecule has 0 aromatic carbocycles. The molecule has 1 rings (SSSR count). The molecule has 1 aromatic rings. The van der Waals surface area contributed by atoms with Crippen LogP contribution in [-0.4, -0.2) is 28.6 Å². The third-order valence-electron chi connectivity index (χ3n) is 14.2. The van der Waals surface area contributed by atoms with Crippen LogP contribution in [0.5, 0.6) is 0 Å². The lowest BCUT2D eigenvalue weighted by atomic mass is 10.0. The molecule has 0 saturated heterocycles. The fraction of sp³-hybridized carbons (Fsp3) is 0.933. The Morgan fingerprint density at radius 1 is 0.308 bits per heavy atom. The number of aryl methyl sites for hydroxylation is 1. The number of rotatable bonds is 57. The molecule has 0 saturated carbocycles. The molecule has 0 bridgehead atoms. The summed E-state index contributed by atoms with van der Waals surface area (Å²) in [5.74, 6) is 0. The van der Waals surface area contributed by atoms with E-state index in [1.54, 1.807) is 0 Å². The molecule has 386 valence electrons. The van der Waals surface area contributed by atoms with E-state index in [0.29, 0.717) is 0 Å². The monoisotopic (exact) mass is 947 g/mol. The first-order valence-electron chi connectivity index (χ1n) is 30.2. The van der Waals surface area contributed by atoms with Crippen LogP contribution >= 0.6 is 11.3 Å². The van der Waals surface area contributed by atoms with Gasteiger partial charge in [0.1, 0.15) is 0 Å². The predicted molar refractivity (Wildman–Crippen MR) is 295 cm³/mol. The fourth-order valence-corrected chi connectivity index (χ4v) is 13.2. The van der Waals surface area contributed by atoms with Crippen molar-refractivity contribution in [2.45, 2.75) is 341 Å². The molecule has 0 aliphatic carbocycles. The summed E-state index contributed by atoms with van der Waals surface area (Å²) in [6, 6.07) is 5.39. The van der Waals surface area contributed by atoms with Gasteiger partial charge < -0.3 is 13.3 Å². The Labute approximate surface area is 415 Å². The lowest BCUT2D eigenvalue weighted by molar-refractivity contribution is 0.0553. The van der Waals surface area contributed by atoms with Crippen molar-refractivity contribution in [1.82, 2.24) is 0 Å². The first kappa shape index (κ1) is 62.8. The molecule has 0 atom stereocenters. The summed E-state index contributed by atoms with van der Waals surface area (Å²) in [4.78, 5) is 1.44. The Hall–Kier alpha value is -0.203. The van der Waals surface area contributed by atoms with Crippen molar-refractivity contribution in [2.24, 2.45) is 0 Å². The first-order valence-corrected chi connectivity index (χ1v) is 33.0. The fourth-order valence-electron chi connectivity index (χ4n) is 9.71.